The van der Waals surface area contributed by atoms with Crippen LogP contribution in [0.25, 0.3) is 20.8 Å². The molecule has 27 heavy (non-hydrogen) atoms. The van der Waals surface area contributed by atoms with Crippen molar-refractivity contribution < 1.29 is 14.7 Å². The molecule has 7 heteroatoms. The van der Waals surface area contributed by atoms with Crippen LogP contribution in [0.2, 0.25) is 0 Å². The summed E-state index contributed by atoms with van der Waals surface area (Å²) >= 11 is 1.50. The average Bonchev–Trinajstić information content (AvgIpc) is 3.40. The molecule has 2 aromatic carbocycles. The van der Waals surface area contributed by atoms with Crippen LogP contribution in [0.5, 0.6) is 0 Å². The molecule has 0 aliphatic heterocycles. The number of aliphatic hydroxyl groups excluding tert-OH is 1. The second kappa shape index (κ2) is 7.46. The fourth-order valence-electron chi connectivity index (χ4n) is 2.72. The smallest absolute Gasteiger partial charge is 0.251 e. The molecule has 1 aliphatic carbocycles. The summed E-state index contributed by atoms with van der Waals surface area (Å²) in [7, 11) is 0. The van der Waals surface area contributed by atoms with Gasteiger partial charge in [-0.15, -0.1) is 11.3 Å². The third-order valence-corrected chi connectivity index (χ3v) is 5.42. The van der Waals surface area contributed by atoms with Gasteiger partial charge >= 0.3 is 0 Å². The predicted octanol–water partition coefficient (Wildman–Crippen LogP) is 2.58. The topological polar surface area (TPSA) is 91.3 Å². The highest BCUT2D eigenvalue weighted by atomic mass is 32.1. The molecule has 0 saturated heterocycles. The summed E-state index contributed by atoms with van der Waals surface area (Å²) in [5, 5.41) is 15.3. The van der Waals surface area contributed by atoms with E-state index in [0.29, 0.717) is 17.2 Å². The van der Waals surface area contributed by atoms with Crippen molar-refractivity contribution in [3.63, 3.8) is 0 Å². The molecule has 0 unspecified atom stereocenters. The van der Waals surface area contributed by atoms with E-state index in [1.54, 1.807) is 12.1 Å². The van der Waals surface area contributed by atoms with Gasteiger partial charge in [0.2, 0.25) is 0 Å². The van der Waals surface area contributed by atoms with E-state index in [9.17, 15) is 9.59 Å². The van der Waals surface area contributed by atoms with Crippen molar-refractivity contribution in [1.29, 1.82) is 0 Å². The normalized spacial score (nSPS) is 13.5. The second-order valence-electron chi connectivity index (χ2n) is 6.51. The van der Waals surface area contributed by atoms with Crippen LogP contribution in [0.4, 0.5) is 0 Å². The number of benzene rings is 2. The Hall–Kier alpha value is -2.77. The summed E-state index contributed by atoms with van der Waals surface area (Å²) in [5.41, 5.74) is 2.95. The van der Waals surface area contributed by atoms with Crippen LogP contribution in [0, 0.1) is 0 Å². The fourth-order valence-corrected chi connectivity index (χ4v) is 3.73. The van der Waals surface area contributed by atoms with Crippen molar-refractivity contribution in [2.75, 3.05) is 13.2 Å². The number of fused-ring (bicyclic) bond motifs is 1. The van der Waals surface area contributed by atoms with Crippen molar-refractivity contribution in [3.05, 3.63) is 53.6 Å². The Kier molecular flexibility index (Phi) is 4.87. The number of carbonyl (C=O) groups is 2. The van der Waals surface area contributed by atoms with E-state index in [-0.39, 0.29) is 25.0 Å². The summed E-state index contributed by atoms with van der Waals surface area (Å²) in [5.74, 6) is -0.251. The lowest BCUT2D eigenvalue weighted by Gasteiger charge is -2.03. The number of nitrogens with one attached hydrogen (secondary N) is 2. The summed E-state index contributed by atoms with van der Waals surface area (Å²) in [6.45, 7) is 0.138. The highest BCUT2D eigenvalue weighted by molar-refractivity contribution is 7.21. The molecule has 1 fully saturated rings. The lowest BCUT2D eigenvalue weighted by molar-refractivity contribution is 0.0939. The van der Waals surface area contributed by atoms with Gasteiger partial charge in [0.05, 0.1) is 16.8 Å². The Morgan fingerprint density at radius 1 is 1.07 bits per heavy atom. The van der Waals surface area contributed by atoms with E-state index in [4.69, 9.17) is 5.11 Å². The third-order valence-electron chi connectivity index (χ3n) is 4.35. The van der Waals surface area contributed by atoms with Crippen molar-refractivity contribution >= 4 is 33.4 Å². The number of rotatable bonds is 6. The number of aromatic nitrogens is 1. The van der Waals surface area contributed by atoms with Gasteiger partial charge in [-0.2, -0.15) is 0 Å². The SMILES string of the molecule is O=C(NCCO)c1ccc2nc(-c3ccc(C(=O)NC4CC4)cc3)sc2c1. The minimum absolute atomic E-state index is 0.0353. The molecule has 0 radical (unpaired) electrons. The van der Waals surface area contributed by atoms with Gasteiger partial charge in [0, 0.05) is 29.3 Å². The van der Waals surface area contributed by atoms with Crippen molar-refractivity contribution in [1.82, 2.24) is 15.6 Å². The van der Waals surface area contributed by atoms with Gasteiger partial charge in [-0.05, 0) is 43.2 Å². The first kappa shape index (κ1) is 17.6. The highest BCUT2D eigenvalue weighted by Gasteiger charge is 2.23. The minimum atomic E-state index is -0.216. The van der Waals surface area contributed by atoms with Crippen molar-refractivity contribution in [2.45, 2.75) is 18.9 Å². The molecule has 1 heterocycles. The predicted molar refractivity (Wildman–Crippen MR) is 105 cm³/mol. The number of thiazole rings is 1. The lowest BCUT2D eigenvalue weighted by Crippen LogP contribution is -2.26. The minimum Gasteiger partial charge on any atom is -0.395 e. The second-order valence-corrected chi connectivity index (χ2v) is 7.54. The Balaban J connectivity index is 1.54. The van der Waals surface area contributed by atoms with Crippen LogP contribution in [0.1, 0.15) is 33.6 Å². The molecule has 1 aliphatic rings. The number of hydrogen-bond donors (Lipinski definition) is 3. The number of nitrogens with zero attached hydrogens (tertiary/aromatic N) is 1. The van der Waals surface area contributed by atoms with Gasteiger partial charge in [-0.25, -0.2) is 4.98 Å². The fraction of sp³-hybridized carbons (Fsp3) is 0.250. The van der Waals surface area contributed by atoms with E-state index in [2.05, 4.69) is 15.6 Å². The molecule has 138 valence electrons. The molecule has 1 saturated carbocycles. The molecule has 0 bridgehead atoms. The van der Waals surface area contributed by atoms with Crippen molar-refractivity contribution in [3.8, 4) is 10.6 Å². The first-order valence-corrected chi connectivity index (χ1v) is 9.66. The van der Waals surface area contributed by atoms with Gasteiger partial charge in [0.25, 0.3) is 11.8 Å². The summed E-state index contributed by atoms with van der Waals surface area (Å²) < 4.78 is 0.914. The zero-order chi connectivity index (χ0) is 18.8. The molecule has 1 aromatic heterocycles. The first-order chi connectivity index (χ1) is 13.1. The number of amides is 2. The van der Waals surface area contributed by atoms with Gasteiger partial charge in [0.1, 0.15) is 5.01 Å². The van der Waals surface area contributed by atoms with Crippen LogP contribution >= 0.6 is 11.3 Å². The van der Waals surface area contributed by atoms with Crippen LogP contribution in [0.15, 0.2) is 42.5 Å². The monoisotopic (exact) mass is 381 g/mol. The molecule has 4 rings (SSSR count). The highest BCUT2D eigenvalue weighted by Crippen LogP contribution is 2.31. The number of carbonyl (C=O) groups excluding carboxylic acids is 2. The molecular weight excluding hydrogens is 362 g/mol. The lowest BCUT2D eigenvalue weighted by atomic mass is 10.1. The largest absolute Gasteiger partial charge is 0.395 e. The number of aliphatic hydroxyl groups is 1. The van der Waals surface area contributed by atoms with Gasteiger partial charge < -0.3 is 15.7 Å². The molecule has 0 atom stereocenters. The van der Waals surface area contributed by atoms with Crippen molar-refractivity contribution in [2.24, 2.45) is 0 Å². The van der Waals surface area contributed by atoms with E-state index in [0.717, 1.165) is 33.6 Å². The van der Waals surface area contributed by atoms with Crippen LogP contribution in [0.3, 0.4) is 0 Å². The number of hydrogen-bond acceptors (Lipinski definition) is 5. The molecule has 3 aromatic rings. The summed E-state index contributed by atoms with van der Waals surface area (Å²) in [4.78, 5) is 28.7. The van der Waals surface area contributed by atoms with Gasteiger partial charge in [0.15, 0.2) is 0 Å². The van der Waals surface area contributed by atoms with Crippen LogP contribution in [-0.2, 0) is 0 Å². The molecule has 0 spiro atoms. The Bertz CT molecular complexity index is 993. The Morgan fingerprint density at radius 3 is 2.52 bits per heavy atom. The molecular formula is C20H19N3O3S. The molecule has 2 amide bonds. The molecule has 3 N–H and O–H groups in total. The standard InChI is InChI=1S/C20H19N3O3S/c24-10-9-21-18(25)14-5-8-16-17(11-14)27-20(23-16)13-3-1-12(2-4-13)19(26)22-15-6-7-15/h1-5,8,11,15,24H,6-7,9-10H2,(H,21,25)(H,22,26). The Morgan fingerprint density at radius 2 is 1.81 bits per heavy atom. The van der Waals surface area contributed by atoms with E-state index < -0.39 is 0 Å². The maximum Gasteiger partial charge on any atom is 0.251 e. The zero-order valence-corrected chi connectivity index (χ0v) is 15.4. The van der Waals surface area contributed by atoms with E-state index in [1.165, 1.54) is 11.3 Å². The van der Waals surface area contributed by atoms with Crippen LogP contribution < -0.4 is 10.6 Å². The van der Waals surface area contributed by atoms with E-state index >= 15 is 0 Å². The first-order valence-electron chi connectivity index (χ1n) is 8.85. The summed E-state index contributed by atoms with van der Waals surface area (Å²) in [6.07, 6.45) is 2.13. The molecule has 6 nitrogen and oxygen atoms in total. The maximum atomic E-state index is 12.1. The van der Waals surface area contributed by atoms with Gasteiger partial charge in [-0.3, -0.25) is 9.59 Å². The Labute approximate surface area is 160 Å². The zero-order valence-electron chi connectivity index (χ0n) is 14.6. The van der Waals surface area contributed by atoms with Crippen LogP contribution in [-0.4, -0.2) is 41.1 Å². The third kappa shape index (κ3) is 3.99. The maximum absolute atomic E-state index is 12.1. The van der Waals surface area contributed by atoms with Gasteiger partial charge in [-0.1, -0.05) is 12.1 Å². The van der Waals surface area contributed by atoms with E-state index in [1.807, 2.05) is 30.3 Å². The summed E-state index contributed by atoms with van der Waals surface area (Å²) in [6, 6.07) is 13.1. The average molecular weight is 381 g/mol. The quantitative estimate of drug-likeness (QED) is 0.612.